The average Bonchev–Trinajstić information content (AvgIpc) is 2.67. The number of hydrogen-bond donors (Lipinski definition) is 0. The van der Waals surface area contributed by atoms with Gasteiger partial charge in [0.25, 0.3) is 0 Å². The van der Waals surface area contributed by atoms with E-state index in [2.05, 4.69) is 28.1 Å². The van der Waals surface area contributed by atoms with Crippen LogP contribution < -0.4 is 0 Å². The van der Waals surface area contributed by atoms with Crippen molar-refractivity contribution < 1.29 is 0 Å². The van der Waals surface area contributed by atoms with Gasteiger partial charge in [0.2, 0.25) is 0 Å². The average molecular weight is 191 g/mol. The Labute approximate surface area is 85.1 Å². The van der Waals surface area contributed by atoms with Crippen LogP contribution in [0, 0.1) is 0 Å². The lowest BCUT2D eigenvalue weighted by Crippen LogP contribution is -2.31. The van der Waals surface area contributed by atoms with Crippen LogP contribution in [0.5, 0.6) is 0 Å². The van der Waals surface area contributed by atoms with Crippen molar-refractivity contribution in [2.24, 2.45) is 0 Å². The normalized spacial score (nSPS) is 22.8. The largest absolute Gasteiger partial charge is 0.300 e. The van der Waals surface area contributed by atoms with Crippen molar-refractivity contribution in [2.45, 2.75) is 32.2 Å². The Balaban J connectivity index is 1.97. The minimum absolute atomic E-state index is 0.691. The van der Waals surface area contributed by atoms with Crippen molar-refractivity contribution in [1.29, 1.82) is 0 Å². The number of nitrogens with zero attached hydrogens (tertiary/aromatic N) is 3. The molecular formula is C11H17N3. The first-order valence-electron chi connectivity index (χ1n) is 5.40. The zero-order chi connectivity index (χ0) is 9.80. The summed E-state index contributed by atoms with van der Waals surface area (Å²) < 4.78 is 0. The topological polar surface area (TPSA) is 29.0 Å². The molecule has 1 aromatic heterocycles. The van der Waals surface area contributed by atoms with Gasteiger partial charge in [-0.3, -0.25) is 0 Å². The van der Waals surface area contributed by atoms with Crippen molar-refractivity contribution in [3.63, 3.8) is 0 Å². The van der Waals surface area contributed by atoms with E-state index in [9.17, 15) is 0 Å². The first-order valence-corrected chi connectivity index (χ1v) is 5.40. The zero-order valence-electron chi connectivity index (χ0n) is 8.69. The Bertz CT molecular complexity index is 273. The molecule has 1 fully saturated rings. The van der Waals surface area contributed by atoms with Gasteiger partial charge in [-0.2, -0.15) is 10.2 Å². The van der Waals surface area contributed by atoms with E-state index in [0.29, 0.717) is 6.04 Å². The molecule has 2 heterocycles. The van der Waals surface area contributed by atoms with Gasteiger partial charge in [0.1, 0.15) is 0 Å². The lowest BCUT2D eigenvalue weighted by molar-refractivity contribution is 0.264. The summed E-state index contributed by atoms with van der Waals surface area (Å²) in [6, 6.07) is 4.73. The van der Waals surface area contributed by atoms with Gasteiger partial charge < -0.3 is 4.90 Å². The Morgan fingerprint density at radius 2 is 2.50 bits per heavy atom. The summed E-state index contributed by atoms with van der Waals surface area (Å²) in [7, 11) is 0. The molecule has 76 valence electrons. The van der Waals surface area contributed by atoms with E-state index in [-0.39, 0.29) is 0 Å². The number of likely N-dealkylation sites (N-methyl/N-ethyl adjacent to an activating group) is 1. The summed E-state index contributed by atoms with van der Waals surface area (Å²) in [5.41, 5.74) is 1.12. The molecule has 1 atom stereocenters. The number of rotatable bonds is 3. The van der Waals surface area contributed by atoms with E-state index in [1.807, 2.05) is 6.07 Å². The smallest absolute Gasteiger partial charge is 0.0646 e. The summed E-state index contributed by atoms with van der Waals surface area (Å²) in [6.07, 6.45) is 5.43. The van der Waals surface area contributed by atoms with Gasteiger partial charge in [0.05, 0.1) is 5.69 Å². The second-order valence-electron chi connectivity index (χ2n) is 3.84. The fourth-order valence-corrected chi connectivity index (χ4v) is 2.23. The van der Waals surface area contributed by atoms with Crippen molar-refractivity contribution in [1.82, 2.24) is 15.1 Å². The van der Waals surface area contributed by atoms with Crippen LogP contribution in [0.2, 0.25) is 0 Å². The highest BCUT2D eigenvalue weighted by Gasteiger charge is 2.23. The minimum Gasteiger partial charge on any atom is -0.300 e. The van der Waals surface area contributed by atoms with E-state index in [4.69, 9.17) is 0 Å². The number of likely N-dealkylation sites (tertiary alicyclic amines) is 1. The van der Waals surface area contributed by atoms with E-state index in [1.165, 1.54) is 19.4 Å². The third-order valence-electron chi connectivity index (χ3n) is 2.98. The Hall–Kier alpha value is -0.960. The van der Waals surface area contributed by atoms with Crippen LogP contribution in [0.4, 0.5) is 0 Å². The molecule has 0 aliphatic carbocycles. The van der Waals surface area contributed by atoms with Crippen LogP contribution in [0.1, 0.15) is 25.5 Å². The Kier molecular flexibility index (Phi) is 3.09. The molecule has 3 nitrogen and oxygen atoms in total. The van der Waals surface area contributed by atoms with Crippen molar-refractivity contribution in [2.75, 3.05) is 13.1 Å². The molecular weight excluding hydrogens is 174 g/mol. The highest BCUT2D eigenvalue weighted by Crippen LogP contribution is 2.19. The Morgan fingerprint density at radius 1 is 1.57 bits per heavy atom. The molecule has 1 aromatic rings. The van der Waals surface area contributed by atoms with E-state index in [1.54, 1.807) is 6.20 Å². The first-order chi connectivity index (χ1) is 6.90. The van der Waals surface area contributed by atoms with Gasteiger partial charge in [0, 0.05) is 18.7 Å². The van der Waals surface area contributed by atoms with Crippen molar-refractivity contribution in [3.05, 3.63) is 24.0 Å². The number of hydrogen-bond acceptors (Lipinski definition) is 3. The van der Waals surface area contributed by atoms with Gasteiger partial charge in [-0.15, -0.1) is 0 Å². The van der Waals surface area contributed by atoms with Crippen LogP contribution >= 0.6 is 0 Å². The molecule has 0 spiro atoms. The van der Waals surface area contributed by atoms with Crippen LogP contribution in [0.3, 0.4) is 0 Å². The van der Waals surface area contributed by atoms with Crippen LogP contribution in [-0.2, 0) is 6.42 Å². The van der Waals surface area contributed by atoms with Crippen LogP contribution in [0.25, 0.3) is 0 Å². The SMILES string of the molecule is CCN1CCCC1Cc1cccnn1. The van der Waals surface area contributed by atoms with Gasteiger partial charge >= 0.3 is 0 Å². The standard InChI is InChI=1S/C11H17N3/c1-2-14-8-4-6-11(14)9-10-5-3-7-12-13-10/h3,5,7,11H,2,4,6,8-9H2,1H3. The van der Waals surface area contributed by atoms with E-state index >= 15 is 0 Å². The van der Waals surface area contributed by atoms with Crippen LogP contribution in [-0.4, -0.2) is 34.2 Å². The third-order valence-corrected chi connectivity index (χ3v) is 2.98. The highest BCUT2D eigenvalue weighted by molar-refractivity contribution is 5.02. The molecule has 0 saturated carbocycles. The molecule has 1 unspecified atom stereocenters. The summed E-state index contributed by atoms with van der Waals surface area (Å²) in [5, 5.41) is 8.04. The molecule has 0 amide bonds. The first kappa shape index (κ1) is 9.59. The van der Waals surface area contributed by atoms with E-state index in [0.717, 1.165) is 18.7 Å². The third kappa shape index (κ3) is 2.10. The zero-order valence-corrected chi connectivity index (χ0v) is 8.69. The molecule has 0 bridgehead atoms. The molecule has 2 rings (SSSR count). The summed E-state index contributed by atoms with van der Waals surface area (Å²) in [6.45, 7) is 4.64. The second kappa shape index (κ2) is 4.51. The van der Waals surface area contributed by atoms with Gasteiger partial charge in [-0.1, -0.05) is 6.92 Å². The molecule has 14 heavy (non-hydrogen) atoms. The maximum absolute atomic E-state index is 4.13. The molecule has 0 radical (unpaired) electrons. The lowest BCUT2D eigenvalue weighted by Gasteiger charge is -2.21. The maximum Gasteiger partial charge on any atom is 0.0646 e. The number of aromatic nitrogens is 2. The second-order valence-corrected chi connectivity index (χ2v) is 3.84. The molecule has 1 saturated heterocycles. The monoisotopic (exact) mass is 191 g/mol. The Morgan fingerprint density at radius 3 is 3.21 bits per heavy atom. The minimum atomic E-state index is 0.691. The van der Waals surface area contributed by atoms with Gasteiger partial charge in [-0.05, 0) is 38.1 Å². The predicted octanol–water partition coefficient (Wildman–Crippen LogP) is 1.50. The summed E-state index contributed by atoms with van der Waals surface area (Å²) >= 11 is 0. The molecule has 1 aliphatic rings. The van der Waals surface area contributed by atoms with Gasteiger partial charge in [0.15, 0.2) is 0 Å². The molecule has 0 N–H and O–H groups in total. The summed E-state index contributed by atoms with van der Waals surface area (Å²) in [5.74, 6) is 0. The molecule has 1 aliphatic heterocycles. The maximum atomic E-state index is 4.13. The van der Waals surface area contributed by atoms with Crippen molar-refractivity contribution in [3.8, 4) is 0 Å². The van der Waals surface area contributed by atoms with Crippen molar-refractivity contribution >= 4 is 0 Å². The predicted molar refractivity (Wildman–Crippen MR) is 56.0 cm³/mol. The van der Waals surface area contributed by atoms with E-state index < -0.39 is 0 Å². The lowest BCUT2D eigenvalue weighted by atomic mass is 10.1. The fourth-order valence-electron chi connectivity index (χ4n) is 2.23. The summed E-state index contributed by atoms with van der Waals surface area (Å²) in [4.78, 5) is 2.54. The highest BCUT2D eigenvalue weighted by atomic mass is 15.2. The van der Waals surface area contributed by atoms with Gasteiger partial charge in [-0.25, -0.2) is 0 Å². The fraction of sp³-hybridized carbons (Fsp3) is 0.636. The quantitative estimate of drug-likeness (QED) is 0.725. The van der Waals surface area contributed by atoms with Crippen LogP contribution in [0.15, 0.2) is 18.3 Å². The molecule has 0 aromatic carbocycles. The molecule has 3 heteroatoms.